The molecule has 0 aromatic heterocycles. The van der Waals surface area contributed by atoms with Gasteiger partial charge in [0.15, 0.2) is 18.7 Å². The molecule has 0 radical (unpaired) electrons. The van der Waals surface area contributed by atoms with Gasteiger partial charge in [0.2, 0.25) is 0 Å². The standard InChI is InChI=1S/C21H36O15/c1-21(2,3)17-16(36-20-12(28)10(26)9(25)7(4-22)33-20)14(13(29)15(34-17)18(30)31)35-19-11(27)8(24)6(23)5-32-19/h6-17,19-20,22-29H,4-5H2,1-3H3,(H,30,31)/t6-,7?,8+,9+,10+,11?,12?,13+,14+,15?,16?,17-,19+,20+/m1/s1. The van der Waals surface area contributed by atoms with Gasteiger partial charge in [-0.05, 0) is 5.41 Å². The average Bonchev–Trinajstić information content (AvgIpc) is 2.80. The molecule has 3 rings (SSSR count). The number of carboxylic acid groups (broad SMARTS) is 1. The summed E-state index contributed by atoms with van der Waals surface area (Å²) >= 11 is 0. The molecule has 0 saturated carbocycles. The minimum absolute atomic E-state index is 0.439. The number of hydrogen-bond donors (Lipinski definition) is 9. The fourth-order valence-corrected chi connectivity index (χ4v) is 4.45. The number of aliphatic carboxylic acids is 1. The summed E-state index contributed by atoms with van der Waals surface area (Å²) in [7, 11) is 0. The average molecular weight is 529 g/mol. The monoisotopic (exact) mass is 528 g/mol. The first-order valence-electron chi connectivity index (χ1n) is 11.5. The zero-order valence-electron chi connectivity index (χ0n) is 20.0. The van der Waals surface area contributed by atoms with E-state index in [9.17, 15) is 50.8 Å². The zero-order valence-corrected chi connectivity index (χ0v) is 20.0. The van der Waals surface area contributed by atoms with E-state index in [4.69, 9.17) is 23.7 Å². The number of aliphatic hydroxyl groups excluding tert-OH is 8. The molecule has 9 N–H and O–H groups in total. The van der Waals surface area contributed by atoms with E-state index in [1.807, 2.05) is 0 Å². The van der Waals surface area contributed by atoms with E-state index in [1.165, 1.54) is 0 Å². The summed E-state index contributed by atoms with van der Waals surface area (Å²) in [6.07, 6.45) is -22.7. The van der Waals surface area contributed by atoms with Crippen molar-refractivity contribution in [2.24, 2.45) is 5.41 Å². The number of hydrogen-bond acceptors (Lipinski definition) is 14. The van der Waals surface area contributed by atoms with Crippen molar-refractivity contribution in [1.29, 1.82) is 0 Å². The maximum atomic E-state index is 11.9. The highest BCUT2D eigenvalue weighted by molar-refractivity contribution is 5.73. The van der Waals surface area contributed by atoms with Crippen molar-refractivity contribution < 1.29 is 74.4 Å². The topological polar surface area (TPSA) is 245 Å². The van der Waals surface area contributed by atoms with Gasteiger partial charge in [-0.3, -0.25) is 0 Å². The number of carbonyl (C=O) groups is 1. The van der Waals surface area contributed by atoms with Gasteiger partial charge >= 0.3 is 5.97 Å². The second kappa shape index (κ2) is 11.4. The van der Waals surface area contributed by atoms with Crippen molar-refractivity contribution in [2.75, 3.05) is 13.2 Å². The van der Waals surface area contributed by atoms with Crippen LogP contribution in [-0.4, -0.2) is 151 Å². The summed E-state index contributed by atoms with van der Waals surface area (Å²) in [6, 6.07) is 0. The van der Waals surface area contributed by atoms with E-state index in [-0.39, 0.29) is 0 Å². The minimum atomic E-state index is -1.92. The quantitative estimate of drug-likeness (QED) is 0.157. The Morgan fingerprint density at radius 1 is 0.806 bits per heavy atom. The lowest BCUT2D eigenvalue weighted by Gasteiger charge is -2.51. The lowest BCUT2D eigenvalue weighted by molar-refractivity contribution is -0.367. The summed E-state index contributed by atoms with van der Waals surface area (Å²) in [4.78, 5) is 11.9. The molecule has 0 bridgehead atoms. The van der Waals surface area contributed by atoms with Gasteiger partial charge in [-0.25, -0.2) is 4.79 Å². The Labute approximate surface area is 206 Å². The van der Waals surface area contributed by atoms with Crippen molar-refractivity contribution in [3.05, 3.63) is 0 Å². The predicted molar refractivity (Wildman–Crippen MR) is 113 cm³/mol. The van der Waals surface area contributed by atoms with E-state index < -0.39 is 110 Å². The molecule has 3 aliphatic heterocycles. The van der Waals surface area contributed by atoms with Crippen LogP contribution in [0, 0.1) is 5.41 Å². The van der Waals surface area contributed by atoms with E-state index in [1.54, 1.807) is 20.8 Å². The van der Waals surface area contributed by atoms with E-state index in [0.29, 0.717) is 0 Å². The van der Waals surface area contributed by atoms with Crippen LogP contribution in [0.5, 0.6) is 0 Å². The van der Waals surface area contributed by atoms with E-state index in [0.717, 1.165) is 0 Å². The molecule has 15 nitrogen and oxygen atoms in total. The third kappa shape index (κ3) is 5.83. The highest BCUT2D eigenvalue weighted by atomic mass is 16.7. The van der Waals surface area contributed by atoms with Gasteiger partial charge in [-0.2, -0.15) is 0 Å². The summed E-state index contributed by atoms with van der Waals surface area (Å²) in [5, 5.41) is 90.7. The molecule has 15 heteroatoms. The highest BCUT2D eigenvalue weighted by Gasteiger charge is 2.56. The van der Waals surface area contributed by atoms with Crippen LogP contribution in [0.4, 0.5) is 0 Å². The third-order valence-electron chi connectivity index (χ3n) is 6.54. The van der Waals surface area contributed by atoms with Gasteiger partial charge in [0, 0.05) is 0 Å². The lowest BCUT2D eigenvalue weighted by atomic mass is 9.79. The largest absolute Gasteiger partial charge is 0.479 e. The molecule has 3 saturated heterocycles. The van der Waals surface area contributed by atoms with E-state index in [2.05, 4.69) is 0 Å². The molecule has 0 spiro atoms. The Balaban J connectivity index is 1.96. The Morgan fingerprint density at radius 2 is 1.39 bits per heavy atom. The maximum absolute atomic E-state index is 11.9. The molecule has 3 fully saturated rings. The van der Waals surface area contributed by atoms with Crippen LogP contribution in [0.1, 0.15) is 20.8 Å². The second-order valence-electron chi connectivity index (χ2n) is 10.3. The lowest BCUT2D eigenvalue weighted by Crippen LogP contribution is -2.68. The normalized spacial score (nSPS) is 48.5. The summed E-state index contributed by atoms with van der Waals surface area (Å²) in [6.45, 7) is 3.83. The first-order valence-corrected chi connectivity index (χ1v) is 11.5. The zero-order chi connectivity index (χ0) is 27.1. The maximum Gasteiger partial charge on any atom is 0.335 e. The predicted octanol–water partition coefficient (Wildman–Crippen LogP) is -4.75. The molecular weight excluding hydrogens is 492 g/mol. The molecule has 0 aromatic rings. The Hall–Kier alpha value is -1.05. The molecule has 36 heavy (non-hydrogen) atoms. The molecule has 3 heterocycles. The molecule has 0 aromatic carbocycles. The molecule has 0 aliphatic carbocycles. The number of rotatable bonds is 6. The molecule has 14 atom stereocenters. The van der Waals surface area contributed by atoms with Crippen molar-refractivity contribution >= 4 is 5.97 Å². The fraction of sp³-hybridized carbons (Fsp3) is 0.952. The molecule has 5 unspecified atom stereocenters. The first-order chi connectivity index (χ1) is 16.7. The second-order valence-corrected chi connectivity index (χ2v) is 10.3. The molecule has 0 amide bonds. The summed E-state index contributed by atoms with van der Waals surface area (Å²) in [5.41, 5.74) is -0.879. The van der Waals surface area contributed by atoms with Gasteiger partial charge in [0.05, 0.1) is 19.3 Å². The first kappa shape index (κ1) is 29.5. The Kier molecular flexibility index (Phi) is 9.31. The summed E-state index contributed by atoms with van der Waals surface area (Å²) < 4.78 is 27.9. The molecular formula is C21H36O15. The van der Waals surface area contributed by atoms with Crippen LogP contribution in [0.15, 0.2) is 0 Å². The SMILES string of the molecule is CC(C)(C)[C@@H]1OC(C(=O)O)[C@@H](O)[C@H](O[C@@H]2OC[C@@H](O)[C@H](O)C2O)C1O[C@@H]1OC(CO)[C@H](O)[C@H](O)C1O. The number of aliphatic hydroxyl groups is 8. The number of carboxylic acids is 1. The molecule has 210 valence electrons. The van der Waals surface area contributed by atoms with E-state index >= 15 is 0 Å². The van der Waals surface area contributed by atoms with Crippen molar-refractivity contribution in [3.63, 3.8) is 0 Å². The number of ether oxygens (including phenoxy) is 5. The Morgan fingerprint density at radius 3 is 1.94 bits per heavy atom. The highest BCUT2D eigenvalue weighted by Crippen LogP contribution is 2.39. The molecule has 3 aliphatic rings. The summed E-state index contributed by atoms with van der Waals surface area (Å²) in [5.74, 6) is -1.53. The van der Waals surface area contributed by atoms with Crippen molar-refractivity contribution in [3.8, 4) is 0 Å². The van der Waals surface area contributed by atoms with Gasteiger partial charge < -0.3 is 69.6 Å². The van der Waals surface area contributed by atoms with Crippen LogP contribution in [0.25, 0.3) is 0 Å². The minimum Gasteiger partial charge on any atom is -0.479 e. The van der Waals surface area contributed by atoms with Crippen LogP contribution >= 0.6 is 0 Å². The van der Waals surface area contributed by atoms with Crippen molar-refractivity contribution in [1.82, 2.24) is 0 Å². The van der Waals surface area contributed by atoms with Gasteiger partial charge in [0.25, 0.3) is 0 Å². The third-order valence-corrected chi connectivity index (χ3v) is 6.54. The fourth-order valence-electron chi connectivity index (χ4n) is 4.45. The van der Waals surface area contributed by atoms with Crippen LogP contribution in [-0.2, 0) is 28.5 Å². The van der Waals surface area contributed by atoms with Gasteiger partial charge in [-0.1, -0.05) is 20.8 Å². The smallest absolute Gasteiger partial charge is 0.335 e. The van der Waals surface area contributed by atoms with Gasteiger partial charge in [0.1, 0.15) is 61.0 Å². The Bertz CT molecular complexity index is 743. The van der Waals surface area contributed by atoms with Crippen molar-refractivity contribution in [2.45, 2.75) is 107 Å². The van der Waals surface area contributed by atoms with Crippen LogP contribution < -0.4 is 0 Å². The van der Waals surface area contributed by atoms with Gasteiger partial charge in [-0.15, -0.1) is 0 Å². The van der Waals surface area contributed by atoms with Crippen LogP contribution in [0.2, 0.25) is 0 Å². The van der Waals surface area contributed by atoms with Crippen LogP contribution in [0.3, 0.4) is 0 Å².